The Kier molecular flexibility index (Phi) is 7.57. The Labute approximate surface area is 193 Å². The number of nitrogens with zero attached hydrogens (tertiary/aromatic N) is 3. The zero-order chi connectivity index (χ0) is 23.4. The molecule has 0 N–H and O–H groups in total. The maximum Gasteiger partial charge on any atom is 0.271 e. The Morgan fingerprint density at radius 2 is 1.94 bits per heavy atom. The molecule has 3 rings (SSSR count). The first-order valence-electron chi connectivity index (χ1n) is 10.0. The second-order valence-corrected chi connectivity index (χ2v) is 8.66. The van der Waals surface area contributed by atoms with E-state index in [2.05, 4.69) is 20.8 Å². The summed E-state index contributed by atoms with van der Waals surface area (Å²) in [5.74, 6) is -0.426. The number of carbonyl (C=O) groups excluding carboxylic acids is 2. The van der Waals surface area contributed by atoms with E-state index in [0.29, 0.717) is 25.9 Å². The van der Waals surface area contributed by atoms with Crippen molar-refractivity contribution in [2.75, 3.05) is 19.7 Å². The van der Waals surface area contributed by atoms with E-state index in [1.165, 1.54) is 18.2 Å². The Hall–Kier alpha value is -2.85. The average molecular weight is 508 g/mol. The van der Waals surface area contributed by atoms with Crippen LogP contribution in [0.2, 0.25) is 0 Å². The van der Waals surface area contributed by atoms with Gasteiger partial charge in [-0.15, -0.1) is 0 Å². The fraction of sp³-hybridized carbons (Fsp3) is 0.364. The van der Waals surface area contributed by atoms with Gasteiger partial charge in [0.1, 0.15) is 11.6 Å². The van der Waals surface area contributed by atoms with Crippen molar-refractivity contribution in [3.05, 3.63) is 67.9 Å². The topological polar surface area (TPSA) is 93.0 Å². The van der Waals surface area contributed by atoms with Crippen molar-refractivity contribution in [2.24, 2.45) is 0 Å². The smallest absolute Gasteiger partial charge is 0.271 e. The molecule has 170 valence electrons. The number of aldehydes is 1. The molecule has 0 spiro atoms. The van der Waals surface area contributed by atoms with Gasteiger partial charge in [-0.2, -0.15) is 0 Å². The number of amides is 1. The van der Waals surface area contributed by atoms with Crippen LogP contribution in [0.3, 0.4) is 0 Å². The normalized spacial score (nSPS) is 18.9. The van der Waals surface area contributed by atoms with Gasteiger partial charge in [0.2, 0.25) is 0 Å². The standard InChI is InChI=1S/C22H23BrFN3O5/c1-14-10-26(15(2)9-25(14)11-16-3-5-18(24)6-4-16)21(29)13-32-22-17(12-28)7-19(27(30)31)8-20(22)23/h3-8,12,14-15H,9-11,13H2,1-2H3. The average Bonchev–Trinajstić information content (AvgIpc) is 2.75. The molecule has 1 amide bonds. The van der Waals surface area contributed by atoms with Crippen molar-refractivity contribution in [2.45, 2.75) is 32.5 Å². The van der Waals surface area contributed by atoms with Crippen LogP contribution in [-0.2, 0) is 11.3 Å². The molecule has 10 heteroatoms. The quantitative estimate of drug-likeness (QED) is 0.321. The molecule has 1 aliphatic heterocycles. The number of rotatable bonds is 7. The van der Waals surface area contributed by atoms with E-state index in [0.717, 1.165) is 11.6 Å². The summed E-state index contributed by atoms with van der Waals surface area (Å²) in [6.07, 6.45) is 0.455. The summed E-state index contributed by atoms with van der Waals surface area (Å²) >= 11 is 3.18. The first kappa shape index (κ1) is 23.8. The van der Waals surface area contributed by atoms with Gasteiger partial charge in [-0.25, -0.2) is 4.39 Å². The molecule has 1 fully saturated rings. The summed E-state index contributed by atoms with van der Waals surface area (Å²) in [5.41, 5.74) is 0.736. The molecule has 32 heavy (non-hydrogen) atoms. The SMILES string of the molecule is CC1CN(C(=O)COc2c(Br)cc([N+](=O)[O-])cc2C=O)C(C)CN1Cc1ccc(F)cc1. The zero-order valence-corrected chi connectivity index (χ0v) is 19.2. The summed E-state index contributed by atoms with van der Waals surface area (Å²) in [7, 11) is 0. The number of carbonyl (C=O) groups is 2. The summed E-state index contributed by atoms with van der Waals surface area (Å²) < 4.78 is 19.0. The van der Waals surface area contributed by atoms with Crippen molar-refractivity contribution in [1.29, 1.82) is 0 Å². The number of nitro benzene ring substituents is 1. The van der Waals surface area contributed by atoms with Crippen LogP contribution in [0.5, 0.6) is 5.75 Å². The Morgan fingerprint density at radius 1 is 1.25 bits per heavy atom. The molecule has 2 unspecified atom stereocenters. The predicted molar refractivity (Wildman–Crippen MR) is 119 cm³/mol. The Balaban J connectivity index is 1.63. The molecular weight excluding hydrogens is 485 g/mol. The summed E-state index contributed by atoms with van der Waals surface area (Å²) in [4.78, 5) is 38.5. The van der Waals surface area contributed by atoms with E-state index in [-0.39, 0.29) is 51.9 Å². The number of non-ortho nitro benzene ring substituents is 1. The maximum atomic E-state index is 13.1. The lowest BCUT2D eigenvalue weighted by Crippen LogP contribution is -2.58. The van der Waals surface area contributed by atoms with Gasteiger partial charge in [-0.05, 0) is 47.5 Å². The molecule has 0 aliphatic carbocycles. The summed E-state index contributed by atoms with van der Waals surface area (Å²) in [6, 6.07) is 8.72. The number of nitro groups is 1. The predicted octanol–water partition coefficient (Wildman–Crippen LogP) is 3.81. The number of hydrogen-bond donors (Lipinski definition) is 0. The molecule has 2 aromatic rings. The molecule has 1 heterocycles. The van der Waals surface area contributed by atoms with Crippen molar-refractivity contribution in [3.8, 4) is 5.75 Å². The van der Waals surface area contributed by atoms with E-state index in [1.807, 2.05) is 13.8 Å². The van der Waals surface area contributed by atoms with E-state index in [4.69, 9.17) is 4.74 Å². The first-order valence-corrected chi connectivity index (χ1v) is 10.8. The molecule has 0 aromatic heterocycles. The molecule has 0 radical (unpaired) electrons. The van der Waals surface area contributed by atoms with Crippen molar-refractivity contribution in [1.82, 2.24) is 9.80 Å². The van der Waals surface area contributed by atoms with Crippen molar-refractivity contribution >= 4 is 33.8 Å². The highest BCUT2D eigenvalue weighted by molar-refractivity contribution is 9.10. The van der Waals surface area contributed by atoms with Crippen LogP contribution in [0.4, 0.5) is 10.1 Å². The number of ether oxygens (including phenoxy) is 1. The lowest BCUT2D eigenvalue weighted by atomic mass is 10.1. The third-order valence-electron chi connectivity index (χ3n) is 5.47. The van der Waals surface area contributed by atoms with Crippen LogP contribution in [-0.4, -0.2) is 58.7 Å². The van der Waals surface area contributed by atoms with Crippen molar-refractivity contribution in [3.63, 3.8) is 0 Å². The van der Waals surface area contributed by atoms with Crippen LogP contribution < -0.4 is 4.74 Å². The maximum absolute atomic E-state index is 13.1. The molecule has 0 bridgehead atoms. The second-order valence-electron chi connectivity index (χ2n) is 7.81. The minimum Gasteiger partial charge on any atom is -0.482 e. The van der Waals surface area contributed by atoms with Crippen LogP contribution >= 0.6 is 15.9 Å². The van der Waals surface area contributed by atoms with Gasteiger partial charge in [0, 0.05) is 43.9 Å². The van der Waals surface area contributed by atoms with Gasteiger partial charge >= 0.3 is 0 Å². The first-order chi connectivity index (χ1) is 15.2. The van der Waals surface area contributed by atoms with Crippen LogP contribution in [0.1, 0.15) is 29.8 Å². The third-order valence-corrected chi connectivity index (χ3v) is 6.06. The largest absolute Gasteiger partial charge is 0.482 e. The van der Waals surface area contributed by atoms with E-state index >= 15 is 0 Å². The molecule has 1 aliphatic rings. The zero-order valence-electron chi connectivity index (χ0n) is 17.7. The monoisotopic (exact) mass is 507 g/mol. The minimum absolute atomic E-state index is 0.00981. The van der Waals surface area contributed by atoms with Crippen LogP contribution in [0.25, 0.3) is 0 Å². The number of halogens is 2. The number of benzene rings is 2. The highest BCUT2D eigenvalue weighted by atomic mass is 79.9. The Morgan fingerprint density at radius 3 is 2.56 bits per heavy atom. The summed E-state index contributed by atoms with van der Waals surface area (Å²) in [6.45, 7) is 5.46. The van der Waals surface area contributed by atoms with E-state index < -0.39 is 4.92 Å². The molecular formula is C22H23BrFN3O5. The highest BCUT2D eigenvalue weighted by Crippen LogP contribution is 2.33. The molecule has 1 saturated heterocycles. The fourth-order valence-corrected chi connectivity index (χ4v) is 4.33. The van der Waals surface area contributed by atoms with Crippen molar-refractivity contribution < 1.29 is 23.6 Å². The Bertz CT molecular complexity index is 1020. The van der Waals surface area contributed by atoms with Gasteiger partial charge in [-0.1, -0.05) is 12.1 Å². The van der Waals surface area contributed by atoms with Gasteiger partial charge in [0.15, 0.2) is 12.9 Å². The second kappa shape index (κ2) is 10.2. The number of piperazine rings is 1. The van der Waals surface area contributed by atoms with E-state index in [1.54, 1.807) is 17.0 Å². The lowest BCUT2D eigenvalue weighted by molar-refractivity contribution is -0.385. The van der Waals surface area contributed by atoms with Gasteiger partial charge in [-0.3, -0.25) is 24.6 Å². The van der Waals surface area contributed by atoms with Crippen LogP contribution in [0.15, 0.2) is 40.9 Å². The molecule has 8 nitrogen and oxygen atoms in total. The summed E-state index contributed by atoms with van der Waals surface area (Å²) in [5, 5.41) is 11.0. The molecule has 2 aromatic carbocycles. The minimum atomic E-state index is -0.610. The van der Waals surface area contributed by atoms with Gasteiger partial charge < -0.3 is 9.64 Å². The molecule has 2 atom stereocenters. The molecule has 0 saturated carbocycles. The van der Waals surface area contributed by atoms with E-state index in [9.17, 15) is 24.1 Å². The third kappa shape index (κ3) is 5.49. The van der Waals surface area contributed by atoms with Gasteiger partial charge in [0.05, 0.1) is 15.0 Å². The lowest BCUT2D eigenvalue weighted by Gasteiger charge is -2.44. The van der Waals surface area contributed by atoms with Crippen LogP contribution in [0, 0.1) is 15.9 Å². The fourth-order valence-electron chi connectivity index (χ4n) is 3.75. The van der Waals surface area contributed by atoms with Gasteiger partial charge in [0.25, 0.3) is 11.6 Å². The number of hydrogen-bond acceptors (Lipinski definition) is 6. The highest BCUT2D eigenvalue weighted by Gasteiger charge is 2.32.